The van der Waals surface area contributed by atoms with E-state index in [-0.39, 0.29) is 6.61 Å². The predicted molar refractivity (Wildman–Crippen MR) is 58.6 cm³/mol. The lowest BCUT2D eigenvalue weighted by molar-refractivity contribution is 0.0705. The van der Waals surface area contributed by atoms with Crippen molar-refractivity contribution in [2.45, 2.75) is 13.5 Å². The number of hydrogen-bond donors (Lipinski definition) is 1. The van der Waals surface area contributed by atoms with Crippen LogP contribution < -0.4 is 4.74 Å². The maximum absolute atomic E-state index is 8.99. The van der Waals surface area contributed by atoms with Gasteiger partial charge in [0.25, 0.3) is 0 Å². The fourth-order valence-electron chi connectivity index (χ4n) is 1.84. The summed E-state index contributed by atoms with van der Waals surface area (Å²) in [4.78, 5) is 2.21. The second-order valence-corrected chi connectivity index (χ2v) is 4.18. The Morgan fingerprint density at radius 1 is 1.47 bits per heavy atom. The highest BCUT2D eigenvalue weighted by atomic mass is 16.5. The van der Waals surface area contributed by atoms with Gasteiger partial charge in [0.1, 0.15) is 12.5 Å². The summed E-state index contributed by atoms with van der Waals surface area (Å²) in [6, 6.07) is 8.11. The van der Waals surface area contributed by atoms with Gasteiger partial charge in [0.05, 0.1) is 0 Å². The van der Waals surface area contributed by atoms with Crippen molar-refractivity contribution in [2.75, 3.05) is 19.9 Å². The van der Waals surface area contributed by atoms with Crippen LogP contribution in [0.3, 0.4) is 0 Å². The highest BCUT2D eigenvalue weighted by molar-refractivity contribution is 5.34. The van der Waals surface area contributed by atoms with Crippen LogP contribution in [-0.4, -0.2) is 29.9 Å². The summed E-state index contributed by atoms with van der Waals surface area (Å²) in [5, 5.41) is 8.99. The topological polar surface area (TPSA) is 32.7 Å². The molecule has 1 aliphatic rings. The highest BCUT2D eigenvalue weighted by Gasteiger charge is 2.17. The van der Waals surface area contributed by atoms with Crippen LogP contribution in [0.4, 0.5) is 0 Å². The summed E-state index contributed by atoms with van der Waals surface area (Å²) in [7, 11) is 0. The minimum atomic E-state index is 0.234. The molecule has 0 amide bonds. The van der Waals surface area contributed by atoms with Gasteiger partial charge < -0.3 is 9.84 Å². The van der Waals surface area contributed by atoms with Crippen LogP contribution in [0, 0.1) is 5.92 Å². The summed E-state index contributed by atoms with van der Waals surface area (Å²) in [5.41, 5.74) is 1.23. The molecule has 0 saturated heterocycles. The lowest BCUT2D eigenvalue weighted by atomic mass is 10.1. The molecule has 3 nitrogen and oxygen atoms in total. The van der Waals surface area contributed by atoms with E-state index in [9.17, 15) is 0 Å². The van der Waals surface area contributed by atoms with E-state index in [1.54, 1.807) is 0 Å². The minimum Gasteiger partial charge on any atom is -0.478 e. The predicted octanol–water partition coefficient (Wildman–Crippen LogP) is 1.47. The molecular formula is C12H17NO2. The molecule has 0 radical (unpaired) electrons. The molecule has 0 aromatic heterocycles. The molecule has 2 rings (SSSR count). The zero-order chi connectivity index (χ0) is 10.7. The van der Waals surface area contributed by atoms with Crippen molar-refractivity contribution in [3.8, 4) is 5.75 Å². The molecule has 1 aliphatic heterocycles. The van der Waals surface area contributed by atoms with Crippen molar-refractivity contribution in [3.63, 3.8) is 0 Å². The maximum Gasteiger partial charge on any atom is 0.142 e. The van der Waals surface area contributed by atoms with Crippen LogP contribution >= 0.6 is 0 Å². The van der Waals surface area contributed by atoms with E-state index in [4.69, 9.17) is 9.84 Å². The molecule has 1 heterocycles. The van der Waals surface area contributed by atoms with Gasteiger partial charge in [-0.1, -0.05) is 25.1 Å². The first-order valence-electron chi connectivity index (χ1n) is 5.33. The third-order valence-corrected chi connectivity index (χ3v) is 2.65. The number of rotatable bonds is 3. The molecule has 1 aromatic rings. The smallest absolute Gasteiger partial charge is 0.142 e. The molecule has 1 atom stereocenters. The van der Waals surface area contributed by atoms with Gasteiger partial charge in [-0.3, -0.25) is 4.90 Å². The lowest BCUT2D eigenvalue weighted by Gasteiger charge is -2.30. The molecule has 0 saturated carbocycles. The van der Waals surface area contributed by atoms with Crippen LogP contribution in [0.25, 0.3) is 0 Å². The summed E-state index contributed by atoms with van der Waals surface area (Å²) in [6.45, 7) is 4.70. The molecule has 0 aliphatic carbocycles. The summed E-state index contributed by atoms with van der Waals surface area (Å²) in [6.07, 6.45) is 0. The van der Waals surface area contributed by atoms with Crippen LogP contribution in [0.1, 0.15) is 12.5 Å². The quantitative estimate of drug-likeness (QED) is 0.814. The van der Waals surface area contributed by atoms with Gasteiger partial charge in [-0.05, 0) is 12.0 Å². The number of hydrogen-bond acceptors (Lipinski definition) is 3. The van der Waals surface area contributed by atoms with Crippen molar-refractivity contribution in [2.24, 2.45) is 5.92 Å². The Morgan fingerprint density at radius 2 is 2.27 bits per heavy atom. The first-order valence-corrected chi connectivity index (χ1v) is 5.33. The Hall–Kier alpha value is -1.06. The molecule has 0 spiro atoms. The van der Waals surface area contributed by atoms with E-state index >= 15 is 0 Å². The van der Waals surface area contributed by atoms with Crippen LogP contribution in [0.2, 0.25) is 0 Å². The van der Waals surface area contributed by atoms with Gasteiger partial charge in [-0.2, -0.15) is 0 Å². The van der Waals surface area contributed by atoms with E-state index in [2.05, 4.69) is 11.0 Å². The molecular weight excluding hydrogens is 190 g/mol. The van der Waals surface area contributed by atoms with E-state index in [0.29, 0.717) is 12.6 Å². The number of aliphatic hydroxyl groups excluding tert-OH is 1. The molecule has 1 N–H and O–H groups in total. The van der Waals surface area contributed by atoms with Crippen molar-refractivity contribution in [1.82, 2.24) is 4.90 Å². The summed E-state index contributed by atoms with van der Waals surface area (Å²) in [5.74, 6) is 1.30. The Bertz CT molecular complexity index is 327. The standard InChI is InChI=1S/C12H17NO2/c1-10(8-14)6-13-7-11-4-2-3-5-12(11)15-9-13/h2-5,10,14H,6-9H2,1H3. The van der Waals surface area contributed by atoms with E-state index < -0.39 is 0 Å². The minimum absolute atomic E-state index is 0.234. The molecule has 3 heteroatoms. The van der Waals surface area contributed by atoms with Crippen molar-refractivity contribution >= 4 is 0 Å². The number of benzene rings is 1. The monoisotopic (exact) mass is 207 g/mol. The fourth-order valence-corrected chi connectivity index (χ4v) is 1.84. The molecule has 1 unspecified atom stereocenters. The lowest BCUT2D eigenvalue weighted by Crippen LogP contribution is -2.35. The van der Waals surface area contributed by atoms with E-state index in [1.165, 1.54) is 5.56 Å². The SMILES string of the molecule is CC(CO)CN1COc2ccccc2C1. The molecule has 1 aromatic carbocycles. The zero-order valence-corrected chi connectivity index (χ0v) is 9.02. The Morgan fingerprint density at radius 3 is 3.07 bits per heavy atom. The maximum atomic E-state index is 8.99. The summed E-state index contributed by atoms with van der Waals surface area (Å²) < 4.78 is 5.63. The largest absolute Gasteiger partial charge is 0.478 e. The molecule has 82 valence electrons. The van der Waals surface area contributed by atoms with Gasteiger partial charge in [-0.25, -0.2) is 0 Å². The van der Waals surface area contributed by atoms with Crippen LogP contribution in [0.15, 0.2) is 24.3 Å². The van der Waals surface area contributed by atoms with Crippen LogP contribution in [-0.2, 0) is 6.54 Å². The van der Waals surface area contributed by atoms with Gasteiger partial charge in [0.15, 0.2) is 0 Å². The Kier molecular flexibility index (Phi) is 3.23. The average Bonchev–Trinajstić information content (AvgIpc) is 2.29. The van der Waals surface area contributed by atoms with Gasteiger partial charge >= 0.3 is 0 Å². The number of fused-ring (bicyclic) bond motifs is 1. The van der Waals surface area contributed by atoms with Gasteiger partial charge in [0.2, 0.25) is 0 Å². The highest BCUT2D eigenvalue weighted by Crippen LogP contribution is 2.24. The Labute approximate surface area is 90.3 Å². The molecule has 0 bridgehead atoms. The number of ether oxygens (including phenoxy) is 1. The second kappa shape index (κ2) is 4.64. The van der Waals surface area contributed by atoms with E-state index in [1.807, 2.05) is 25.1 Å². The average molecular weight is 207 g/mol. The Balaban J connectivity index is 1.99. The molecule has 15 heavy (non-hydrogen) atoms. The van der Waals surface area contributed by atoms with Gasteiger partial charge in [-0.15, -0.1) is 0 Å². The second-order valence-electron chi connectivity index (χ2n) is 4.18. The third-order valence-electron chi connectivity index (χ3n) is 2.65. The first kappa shape index (κ1) is 10.5. The number of nitrogens with zero attached hydrogens (tertiary/aromatic N) is 1. The number of aliphatic hydroxyl groups is 1. The third kappa shape index (κ3) is 2.49. The fraction of sp³-hybridized carbons (Fsp3) is 0.500. The first-order chi connectivity index (χ1) is 7.29. The van der Waals surface area contributed by atoms with Gasteiger partial charge in [0, 0.05) is 25.3 Å². The summed E-state index contributed by atoms with van der Waals surface area (Å²) >= 11 is 0. The zero-order valence-electron chi connectivity index (χ0n) is 9.02. The number of para-hydroxylation sites is 1. The molecule has 0 fully saturated rings. The van der Waals surface area contributed by atoms with Crippen molar-refractivity contribution < 1.29 is 9.84 Å². The van der Waals surface area contributed by atoms with E-state index in [0.717, 1.165) is 18.8 Å². The van der Waals surface area contributed by atoms with Crippen molar-refractivity contribution in [1.29, 1.82) is 0 Å². The normalized spacial score (nSPS) is 18.0. The van der Waals surface area contributed by atoms with Crippen molar-refractivity contribution in [3.05, 3.63) is 29.8 Å². The van der Waals surface area contributed by atoms with Crippen LogP contribution in [0.5, 0.6) is 5.75 Å².